The third-order valence-electron chi connectivity index (χ3n) is 7.85. The maximum absolute atomic E-state index is 12.9. The third kappa shape index (κ3) is 8.40. The van der Waals surface area contributed by atoms with Gasteiger partial charge in [0.05, 0.1) is 48.0 Å². The van der Waals surface area contributed by atoms with Gasteiger partial charge in [0.1, 0.15) is 10.8 Å². The molecular formula is C27H44N2O7S. The number of hydrogen-bond donors (Lipinski definition) is 5. The van der Waals surface area contributed by atoms with Gasteiger partial charge in [-0.15, -0.1) is 11.3 Å². The summed E-state index contributed by atoms with van der Waals surface area (Å²) < 4.78 is 5.98. The van der Waals surface area contributed by atoms with Crippen LogP contribution in [0.3, 0.4) is 0 Å². The van der Waals surface area contributed by atoms with E-state index in [1.54, 1.807) is 6.92 Å². The molecule has 7 atom stereocenters. The quantitative estimate of drug-likeness (QED) is 0.198. The summed E-state index contributed by atoms with van der Waals surface area (Å²) in [6, 6.07) is -0.168. The Morgan fingerprint density at radius 3 is 2.54 bits per heavy atom. The number of nitrogens with zero attached hydrogens (tertiary/aromatic N) is 1. The summed E-state index contributed by atoms with van der Waals surface area (Å²) in [6.45, 7) is 10.5. The van der Waals surface area contributed by atoms with Crippen LogP contribution < -0.4 is 5.73 Å². The van der Waals surface area contributed by atoms with Gasteiger partial charge >= 0.3 is 5.97 Å². The molecule has 2 heterocycles. The topological polar surface area (TPSA) is 166 Å². The summed E-state index contributed by atoms with van der Waals surface area (Å²) in [7, 11) is 0. The van der Waals surface area contributed by atoms with Crippen LogP contribution in [-0.2, 0) is 20.9 Å². The van der Waals surface area contributed by atoms with Crippen LogP contribution in [-0.4, -0.2) is 67.1 Å². The van der Waals surface area contributed by atoms with Crippen LogP contribution in [0.25, 0.3) is 6.08 Å². The summed E-state index contributed by atoms with van der Waals surface area (Å²) in [5.74, 6) is -2.40. The van der Waals surface area contributed by atoms with E-state index in [9.17, 15) is 24.9 Å². The second kappa shape index (κ2) is 12.9. The monoisotopic (exact) mass is 540 g/mol. The van der Waals surface area contributed by atoms with Gasteiger partial charge in [0.25, 0.3) is 0 Å². The van der Waals surface area contributed by atoms with E-state index in [2.05, 4.69) is 11.9 Å². The lowest BCUT2D eigenvalue weighted by Crippen LogP contribution is -2.45. The molecule has 1 aliphatic heterocycles. The molecule has 1 aromatic rings. The number of carboxylic acids is 1. The molecule has 1 aromatic heterocycles. The van der Waals surface area contributed by atoms with Crippen LogP contribution in [0, 0.1) is 17.3 Å². The number of thiazole rings is 1. The maximum atomic E-state index is 12.9. The predicted molar refractivity (Wildman–Crippen MR) is 143 cm³/mol. The molecule has 0 bridgehead atoms. The largest absolute Gasteiger partial charge is 0.481 e. The Balaban J connectivity index is 1.81. The Bertz CT molecular complexity index is 962. The average molecular weight is 541 g/mol. The van der Waals surface area contributed by atoms with E-state index in [4.69, 9.17) is 15.6 Å². The zero-order valence-corrected chi connectivity index (χ0v) is 23.6. The van der Waals surface area contributed by atoms with Crippen LogP contribution in [0.4, 0.5) is 0 Å². The van der Waals surface area contributed by atoms with E-state index in [0.29, 0.717) is 17.8 Å². The first-order valence-corrected chi connectivity index (χ1v) is 13.8. The lowest BCUT2D eigenvalue weighted by Gasteiger charge is -2.34. The van der Waals surface area contributed by atoms with E-state index >= 15 is 0 Å². The van der Waals surface area contributed by atoms with Gasteiger partial charge in [-0.1, -0.05) is 39.7 Å². The van der Waals surface area contributed by atoms with E-state index in [-0.39, 0.29) is 36.1 Å². The molecule has 0 radical (unpaired) electrons. The molecular weight excluding hydrogens is 496 g/mol. The first-order chi connectivity index (χ1) is 17.1. The number of aliphatic hydroxyl groups is 3. The first kappa shape index (κ1) is 31.5. The second-order valence-corrected chi connectivity index (χ2v) is 12.3. The van der Waals surface area contributed by atoms with Gasteiger partial charge in [0, 0.05) is 17.3 Å². The van der Waals surface area contributed by atoms with Crippen molar-refractivity contribution < 1.29 is 34.8 Å². The molecule has 0 saturated carbocycles. The van der Waals surface area contributed by atoms with Gasteiger partial charge in [-0.05, 0) is 45.1 Å². The lowest BCUT2D eigenvalue weighted by molar-refractivity contribution is -0.147. The van der Waals surface area contributed by atoms with Gasteiger partial charge < -0.3 is 30.9 Å². The fraction of sp³-hybridized carbons (Fsp3) is 0.741. The standard InChI is InChI=1S/C27H44N2O7S/c1-15(24(34)17(3)25(35)26(4,5)20(31)12-23(32)33)8-7-9-27(6)21(36-27)11-19(28)16(2)10-18-14-37-22(13-30)29-18/h10,14-15,17,19-21,24,30-31,34H,7-9,11-13,28H2,1-6H3,(H,32,33)/t15-,17+,19-,20-,21-,24-,27+/m0/s1. The van der Waals surface area contributed by atoms with Crippen molar-refractivity contribution in [3.05, 3.63) is 21.7 Å². The molecule has 9 nitrogen and oxygen atoms in total. The van der Waals surface area contributed by atoms with Crippen LogP contribution in [0.5, 0.6) is 0 Å². The summed E-state index contributed by atoms with van der Waals surface area (Å²) in [5, 5.41) is 41.7. The third-order valence-corrected chi connectivity index (χ3v) is 8.70. The highest BCUT2D eigenvalue weighted by molar-refractivity contribution is 7.09. The maximum Gasteiger partial charge on any atom is 0.306 e. The zero-order chi connectivity index (χ0) is 28.1. The first-order valence-electron chi connectivity index (χ1n) is 12.9. The smallest absolute Gasteiger partial charge is 0.306 e. The van der Waals surface area contributed by atoms with E-state index in [0.717, 1.165) is 24.1 Å². The molecule has 6 N–H and O–H groups in total. The molecule has 1 fully saturated rings. The van der Waals surface area contributed by atoms with Gasteiger partial charge in [-0.2, -0.15) is 0 Å². The van der Waals surface area contributed by atoms with Crippen LogP contribution in [0.1, 0.15) is 84.3 Å². The predicted octanol–water partition coefficient (Wildman–Crippen LogP) is 3.15. The van der Waals surface area contributed by atoms with Crippen molar-refractivity contribution in [1.82, 2.24) is 4.98 Å². The number of carbonyl (C=O) groups excluding carboxylic acids is 1. The van der Waals surface area contributed by atoms with Gasteiger partial charge in [0.2, 0.25) is 0 Å². The second-order valence-electron chi connectivity index (χ2n) is 11.3. The SMILES string of the molecule is CC(=Cc1csc(CO)n1)[C@@H](N)C[C@@H]1O[C@]1(C)CCC[C@H](C)[C@H](O)[C@@H](C)C(=O)C(C)(C)[C@@H](O)CC(=O)O. The highest BCUT2D eigenvalue weighted by atomic mass is 32.1. The minimum absolute atomic E-state index is 0.0477. The normalized spacial score (nSPS) is 24.3. The Hall–Kier alpha value is -1.69. The molecule has 37 heavy (non-hydrogen) atoms. The number of nitrogens with two attached hydrogens (primary N) is 1. The molecule has 2 rings (SSSR count). The molecule has 1 aliphatic rings. The number of aromatic nitrogens is 1. The van der Waals surface area contributed by atoms with E-state index in [1.165, 1.54) is 25.2 Å². The number of aliphatic hydroxyl groups excluding tert-OH is 3. The molecule has 210 valence electrons. The number of ketones is 1. The molecule has 0 aliphatic carbocycles. The summed E-state index contributed by atoms with van der Waals surface area (Å²) in [5.41, 5.74) is 6.65. The highest BCUT2D eigenvalue weighted by Crippen LogP contribution is 2.44. The molecule has 0 spiro atoms. The van der Waals surface area contributed by atoms with Crippen molar-refractivity contribution in [3.8, 4) is 0 Å². The number of rotatable bonds is 16. The van der Waals surface area contributed by atoms with Crippen molar-refractivity contribution in [2.24, 2.45) is 23.0 Å². The molecule has 1 saturated heterocycles. The minimum Gasteiger partial charge on any atom is -0.481 e. The number of hydrogen-bond acceptors (Lipinski definition) is 9. The van der Waals surface area contributed by atoms with Crippen LogP contribution >= 0.6 is 11.3 Å². The highest BCUT2D eigenvalue weighted by Gasteiger charge is 2.51. The number of epoxide rings is 1. The Kier molecular flexibility index (Phi) is 11.0. The van der Waals surface area contributed by atoms with Crippen molar-refractivity contribution in [1.29, 1.82) is 0 Å². The van der Waals surface area contributed by atoms with Crippen LogP contribution in [0.15, 0.2) is 11.0 Å². The molecule has 10 heteroatoms. The number of aliphatic carboxylic acids is 1. The van der Waals surface area contributed by atoms with Gasteiger partial charge in [-0.25, -0.2) is 4.98 Å². The summed E-state index contributed by atoms with van der Waals surface area (Å²) in [6.07, 6.45) is 2.25. The van der Waals surface area contributed by atoms with Crippen molar-refractivity contribution in [2.45, 2.75) is 110 Å². The molecule has 0 aromatic carbocycles. The zero-order valence-electron chi connectivity index (χ0n) is 22.8. The Morgan fingerprint density at radius 2 is 1.97 bits per heavy atom. The van der Waals surface area contributed by atoms with Crippen molar-refractivity contribution >= 4 is 29.2 Å². The Morgan fingerprint density at radius 1 is 1.32 bits per heavy atom. The van der Waals surface area contributed by atoms with Gasteiger partial charge in [-0.3, -0.25) is 9.59 Å². The lowest BCUT2D eigenvalue weighted by atomic mass is 9.73. The Labute approximate surface area is 223 Å². The summed E-state index contributed by atoms with van der Waals surface area (Å²) in [4.78, 5) is 28.2. The minimum atomic E-state index is -1.32. The number of Topliss-reactive ketones (excluding diaryl/α,β-unsaturated/α-hetero) is 1. The van der Waals surface area contributed by atoms with Crippen LogP contribution in [0.2, 0.25) is 0 Å². The average Bonchev–Trinajstić information content (AvgIpc) is 3.23. The van der Waals surface area contributed by atoms with E-state index < -0.39 is 35.9 Å². The van der Waals surface area contributed by atoms with Crippen molar-refractivity contribution in [2.75, 3.05) is 0 Å². The number of carbonyl (C=O) groups is 2. The fourth-order valence-corrected chi connectivity index (χ4v) is 5.40. The molecule has 0 unspecified atom stereocenters. The summed E-state index contributed by atoms with van der Waals surface area (Å²) >= 11 is 1.41. The van der Waals surface area contributed by atoms with Crippen molar-refractivity contribution in [3.63, 3.8) is 0 Å². The van der Waals surface area contributed by atoms with E-state index in [1.807, 2.05) is 25.3 Å². The van der Waals surface area contributed by atoms with Gasteiger partial charge in [0.15, 0.2) is 0 Å². The molecule has 0 amide bonds. The fourth-order valence-electron chi connectivity index (χ4n) is 4.79. The number of carboxylic acid groups (broad SMARTS) is 1. The number of ether oxygens (including phenoxy) is 1.